The number of hydrogen-bond donors (Lipinski definition) is 0. The zero-order valence-electron chi connectivity index (χ0n) is 16.7. The first kappa shape index (κ1) is 21.5. The van der Waals surface area contributed by atoms with E-state index in [1.807, 2.05) is 11.8 Å². The standard InChI is InChI=1S/C18H20F2N6O4S/c1-11-8-29-12(9-30-31(2,27)28)7-25(11)17-5-14(22-10-23-17)15-6-21-16-4-3-13(18(19)20)24-26(15)16/h3-6,10-12,18H,7-9H2,1-2H3. The summed E-state index contributed by atoms with van der Waals surface area (Å²) in [7, 11) is -3.58. The van der Waals surface area contributed by atoms with Gasteiger partial charge in [0.25, 0.3) is 16.5 Å². The number of hydrogen-bond acceptors (Lipinski definition) is 9. The van der Waals surface area contributed by atoms with Crippen LogP contribution in [0.4, 0.5) is 14.6 Å². The summed E-state index contributed by atoms with van der Waals surface area (Å²) >= 11 is 0. The lowest BCUT2D eigenvalue weighted by molar-refractivity contribution is -0.00297. The predicted octanol–water partition coefficient (Wildman–Crippen LogP) is 1.69. The van der Waals surface area contributed by atoms with Crippen LogP contribution in [0.3, 0.4) is 0 Å². The molecule has 0 saturated carbocycles. The van der Waals surface area contributed by atoms with Crippen LogP contribution in [-0.2, 0) is 19.0 Å². The molecule has 0 N–H and O–H groups in total. The van der Waals surface area contributed by atoms with E-state index in [1.165, 1.54) is 29.2 Å². The van der Waals surface area contributed by atoms with Crippen LogP contribution in [0.2, 0.25) is 0 Å². The van der Waals surface area contributed by atoms with E-state index >= 15 is 0 Å². The summed E-state index contributed by atoms with van der Waals surface area (Å²) in [4.78, 5) is 14.7. The Morgan fingerprint density at radius 1 is 1.29 bits per heavy atom. The van der Waals surface area contributed by atoms with E-state index in [9.17, 15) is 17.2 Å². The molecule has 1 aliphatic rings. The number of aromatic nitrogens is 5. The van der Waals surface area contributed by atoms with Crippen LogP contribution in [0.15, 0.2) is 30.7 Å². The number of nitrogens with zero attached hydrogens (tertiary/aromatic N) is 6. The molecule has 0 bridgehead atoms. The van der Waals surface area contributed by atoms with E-state index in [4.69, 9.17) is 8.92 Å². The highest BCUT2D eigenvalue weighted by Gasteiger charge is 2.28. The van der Waals surface area contributed by atoms with Crippen molar-refractivity contribution in [3.63, 3.8) is 0 Å². The number of imidazole rings is 1. The molecule has 1 fully saturated rings. The monoisotopic (exact) mass is 454 g/mol. The maximum atomic E-state index is 13.1. The minimum atomic E-state index is -3.58. The van der Waals surface area contributed by atoms with E-state index in [1.54, 1.807) is 6.07 Å². The predicted molar refractivity (Wildman–Crippen MR) is 106 cm³/mol. The topological polar surface area (TPSA) is 112 Å². The fourth-order valence-corrected chi connectivity index (χ4v) is 3.66. The van der Waals surface area contributed by atoms with Crippen LogP contribution < -0.4 is 4.90 Å². The average molecular weight is 454 g/mol. The summed E-state index contributed by atoms with van der Waals surface area (Å²) in [6, 6.07) is 4.37. The van der Waals surface area contributed by atoms with Gasteiger partial charge in [-0.1, -0.05) is 0 Å². The van der Waals surface area contributed by atoms with Crippen molar-refractivity contribution in [3.05, 3.63) is 36.4 Å². The Bertz CT molecular complexity index is 1190. The third kappa shape index (κ3) is 4.78. The second-order valence-electron chi connectivity index (χ2n) is 7.18. The smallest absolute Gasteiger partial charge is 0.282 e. The second kappa shape index (κ2) is 8.40. The van der Waals surface area contributed by atoms with Gasteiger partial charge in [0.1, 0.15) is 23.5 Å². The van der Waals surface area contributed by atoms with Gasteiger partial charge in [0.2, 0.25) is 0 Å². The fourth-order valence-electron chi connectivity index (χ4n) is 3.26. The van der Waals surface area contributed by atoms with Gasteiger partial charge in [-0.05, 0) is 19.1 Å². The van der Waals surface area contributed by atoms with Gasteiger partial charge in [-0.15, -0.1) is 0 Å². The zero-order valence-corrected chi connectivity index (χ0v) is 17.5. The maximum absolute atomic E-state index is 13.1. The molecule has 3 aromatic rings. The Morgan fingerprint density at radius 2 is 2.10 bits per heavy atom. The van der Waals surface area contributed by atoms with Crippen molar-refractivity contribution in [3.8, 4) is 11.4 Å². The van der Waals surface area contributed by atoms with Gasteiger partial charge in [-0.2, -0.15) is 13.5 Å². The van der Waals surface area contributed by atoms with Gasteiger partial charge in [0.05, 0.1) is 43.5 Å². The number of rotatable bonds is 6. The van der Waals surface area contributed by atoms with Crippen LogP contribution in [0.5, 0.6) is 0 Å². The number of ether oxygens (including phenoxy) is 1. The largest absolute Gasteiger partial charge is 0.372 e. The maximum Gasteiger partial charge on any atom is 0.282 e. The second-order valence-corrected chi connectivity index (χ2v) is 8.82. The number of morpholine rings is 1. The molecule has 4 rings (SSSR count). The van der Waals surface area contributed by atoms with E-state index < -0.39 is 22.6 Å². The van der Waals surface area contributed by atoms with Crippen LogP contribution >= 0.6 is 0 Å². The van der Waals surface area contributed by atoms with E-state index in [2.05, 4.69) is 20.1 Å². The molecule has 4 heterocycles. The Hall–Kier alpha value is -2.77. The first-order valence-electron chi connectivity index (χ1n) is 9.39. The molecule has 0 amide bonds. The normalized spacial score (nSPS) is 20.0. The third-order valence-electron chi connectivity index (χ3n) is 4.79. The molecule has 10 nitrogen and oxygen atoms in total. The summed E-state index contributed by atoms with van der Waals surface area (Å²) in [6.45, 7) is 2.55. The molecule has 166 valence electrons. The van der Waals surface area contributed by atoms with Gasteiger partial charge in [0, 0.05) is 12.6 Å². The summed E-state index contributed by atoms with van der Waals surface area (Å²) < 4.78 is 60.5. The summed E-state index contributed by atoms with van der Waals surface area (Å²) in [5.41, 5.74) is 0.951. The molecular weight excluding hydrogens is 434 g/mol. The molecule has 2 atom stereocenters. The summed E-state index contributed by atoms with van der Waals surface area (Å²) in [6.07, 6.45) is 0.688. The Balaban J connectivity index is 1.62. The SMILES string of the molecule is CC1COC(COS(C)(=O)=O)CN1c1cc(-c2cnc3ccc(C(F)F)nn23)ncn1. The van der Waals surface area contributed by atoms with Crippen molar-refractivity contribution < 1.29 is 26.1 Å². The Labute approximate surface area is 177 Å². The lowest BCUT2D eigenvalue weighted by Gasteiger charge is -2.38. The van der Waals surface area contributed by atoms with Gasteiger partial charge in [-0.25, -0.2) is 28.2 Å². The van der Waals surface area contributed by atoms with Gasteiger partial charge in [0.15, 0.2) is 5.65 Å². The number of alkyl halides is 2. The minimum Gasteiger partial charge on any atom is -0.372 e. The van der Waals surface area contributed by atoms with Crippen molar-refractivity contribution in [2.45, 2.75) is 25.5 Å². The lowest BCUT2D eigenvalue weighted by atomic mass is 10.2. The third-order valence-corrected chi connectivity index (χ3v) is 5.35. The van der Waals surface area contributed by atoms with Crippen molar-refractivity contribution in [2.75, 3.05) is 30.9 Å². The molecule has 31 heavy (non-hydrogen) atoms. The number of halogens is 2. The molecule has 0 aliphatic carbocycles. The molecule has 0 radical (unpaired) electrons. The molecule has 13 heteroatoms. The van der Waals surface area contributed by atoms with E-state index in [-0.39, 0.29) is 18.3 Å². The molecular formula is C18H20F2N6O4S. The first-order valence-corrected chi connectivity index (χ1v) is 11.2. The molecule has 0 spiro atoms. The Morgan fingerprint density at radius 3 is 2.84 bits per heavy atom. The van der Waals surface area contributed by atoms with Gasteiger partial charge >= 0.3 is 0 Å². The van der Waals surface area contributed by atoms with Crippen LogP contribution in [0.25, 0.3) is 17.0 Å². The minimum absolute atomic E-state index is 0.0389. The van der Waals surface area contributed by atoms with E-state index in [0.29, 0.717) is 36.0 Å². The highest BCUT2D eigenvalue weighted by atomic mass is 32.2. The number of fused-ring (bicyclic) bond motifs is 1. The summed E-state index contributed by atoms with van der Waals surface area (Å²) in [5.74, 6) is 0.574. The fraction of sp³-hybridized carbons (Fsp3) is 0.444. The molecule has 0 aromatic carbocycles. The molecule has 1 saturated heterocycles. The quantitative estimate of drug-likeness (QED) is 0.514. The Kier molecular flexibility index (Phi) is 5.81. The average Bonchev–Trinajstić information content (AvgIpc) is 3.16. The highest BCUT2D eigenvalue weighted by molar-refractivity contribution is 7.85. The highest BCUT2D eigenvalue weighted by Crippen LogP contribution is 2.26. The van der Waals surface area contributed by atoms with Crippen LogP contribution in [0, 0.1) is 0 Å². The molecule has 2 unspecified atom stereocenters. The molecule has 3 aromatic heterocycles. The summed E-state index contributed by atoms with van der Waals surface area (Å²) in [5, 5.41) is 3.96. The van der Waals surface area contributed by atoms with Crippen molar-refractivity contribution in [2.24, 2.45) is 0 Å². The van der Waals surface area contributed by atoms with E-state index in [0.717, 1.165) is 6.26 Å². The van der Waals surface area contributed by atoms with Crippen LogP contribution in [-0.4, -0.2) is 71.1 Å². The van der Waals surface area contributed by atoms with Crippen molar-refractivity contribution in [1.82, 2.24) is 24.6 Å². The lowest BCUT2D eigenvalue weighted by Crippen LogP contribution is -2.50. The van der Waals surface area contributed by atoms with Crippen molar-refractivity contribution in [1.29, 1.82) is 0 Å². The first-order chi connectivity index (χ1) is 14.7. The van der Waals surface area contributed by atoms with Crippen LogP contribution in [0.1, 0.15) is 19.0 Å². The molecule has 1 aliphatic heterocycles. The zero-order chi connectivity index (χ0) is 22.2. The van der Waals surface area contributed by atoms with Crippen molar-refractivity contribution >= 4 is 21.6 Å². The van der Waals surface area contributed by atoms with Gasteiger partial charge in [-0.3, -0.25) is 4.18 Å². The number of anilines is 1. The van der Waals surface area contributed by atoms with Gasteiger partial charge < -0.3 is 9.64 Å².